The van der Waals surface area contributed by atoms with Crippen molar-refractivity contribution in [2.45, 2.75) is 62.9 Å². The van der Waals surface area contributed by atoms with Crippen molar-refractivity contribution in [2.75, 3.05) is 0 Å². The van der Waals surface area contributed by atoms with Crippen molar-refractivity contribution in [3.63, 3.8) is 0 Å². The molecule has 0 radical (unpaired) electrons. The van der Waals surface area contributed by atoms with Crippen LogP contribution in [-0.2, 0) is 36.8 Å². The number of benzene rings is 1. The van der Waals surface area contributed by atoms with Crippen molar-refractivity contribution in [3.8, 4) is 0 Å². The Balaban J connectivity index is 2.22. The molecule has 1 heterocycles. The summed E-state index contributed by atoms with van der Waals surface area (Å²) in [6, 6.07) is 3.54. The largest absolute Gasteiger partial charge is 0.480 e. The van der Waals surface area contributed by atoms with Gasteiger partial charge in [0.15, 0.2) is 6.04 Å². The molecule has 0 aliphatic heterocycles. The molecule has 1 aromatic carbocycles. The van der Waals surface area contributed by atoms with Crippen LogP contribution in [0.3, 0.4) is 0 Å². The minimum atomic E-state index is -1.66. The van der Waals surface area contributed by atoms with Gasteiger partial charge < -0.3 is 42.6 Å². The number of amides is 4. The molecule has 0 spiro atoms. The molecule has 206 valence electrons. The molecule has 2 aromatic rings. The number of carbonyl (C=O) groups excluding carboxylic acids is 4. The van der Waals surface area contributed by atoms with E-state index in [0.717, 1.165) is 0 Å². The van der Waals surface area contributed by atoms with Gasteiger partial charge in [-0.05, 0) is 18.9 Å². The van der Waals surface area contributed by atoms with Crippen LogP contribution in [0.4, 0.5) is 0 Å². The minimum Gasteiger partial charge on any atom is -0.480 e. The second kappa shape index (κ2) is 14.4. The third-order valence-corrected chi connectivity index (χ3v) is 5.61. The van der Waals surface area contributed by atoms with Crippen LogP contribution in [0.25, 0.3) is 0 Å². The van der Waals surface area contributed by atoms with Crippen molar-refractivity contribution >= 4 is 29.6 Å². The number of carboxylic acid groups (broad SMARTS) is 1. The lowest BCUT2D eigenvalue weighted by Crippen LogP contribution is -2.58. The first-order chi connectivity index (χ1) is 18.0. The van der Waals surface area contributed by atoms with Crippen molar-refractivity contribution in [1.29, 1.82) is 0 Å². The maximum Gasteiger partial charge on any atom is 0.328 e. The van der Waals surface area contributed by atoms with E-state index in [0.29, 0.717) is 11.3 Å². The standard InChI is InChI=1S/C24H33N7O7/c1-13(32)20(24(37)38)31-22(35)17(7-8-19(26)33)29-23(36)18(9-14-5-3-2-4-6-14)30-21(34)16(25)10-15-11-27-12-28-15/h2-6,11-13,16-18,20,32H,7-10,25H2,1H3,(H2,26,33)(H,27,28)(H,29,36)(H,30,34)(H,31,35)(H,37,38). The number of aliphatic hydroxyl groups excluding tert-OH is 1. The summed E-state index contributed by atoms with van der Waals surface area (Å²) in [4.78, 5) is 68.4. The number of H-pyrrole nitrogens is 1. The van der Waals surface area contributed by atoms with Gasteiger partial charge in [-0.2, -0.15) is 0 Å². The zero-order chi connectivity index (χ0) is 28.2. The van der Waals surface area contributed by atoms with Gasteiger partial charge in [0.2, 0.25) is 23.6 Å². The quantitative estimate of drug-likeness (QED) is 0.123. The number of primary amides is 1. The van der Waals surface area contributed by atoms with Crippen LogP contribution >= 0.6 is 0 Å². The Morgan fingerprint density at radius 1 is 0.974 bits per heavy atom. The number of aliphatic hydroxyl groups is 1. The van der Waals surface area contributed by atoms with Crippen molar-refractivity contribution in [2.24, 2.45) is 11.5 Å². The number of aliphatic carboxylic acids is 1. The van der Waals surface area contributed by atoms with Crippen LogP contribution in [0.1, 0.15) is 31.0 Å². The Labute approximate surface area is 218 Å². The van der Waals surface area contributed by atoms with Crippen LogP contribution in [0, 0.1) is 0 Å². The molecule has 14 nitrogen and oxygen atoms in total. The topological polar surface area (TPSA) is 243 Å². The van der Waals surface area contributed by atoms with E-state index in [2.05, 4.69) is 25.9 Å². The van der Waals surface area contributed by atoms with Crippen LogP contribution < -0.4 is 27.4 Å². The summed E-state index contributed by atoms with van der Waals surface area (Å²) >= 11 is 0. The van der Waals surface area contributed by atoms with Crippen LogP contribution in [0.5, 0.6) is 0 Å². The molecule has 1 aromatic heterocycles. The number of aromatic amines is 1. The maximum atomic E-state index is 13.3. The molecule has 10 N–H and O–H groups in total. The number of aromatic nitrogens is 2. The van der Waals surface area contributed by atoms with Gasteiger partial charge >= 0.3 is 5.97 Å². The molecular weight excluding hydrogens is 498 g/mol. The van der Waals surface area contributed by atoms with Gasteiger partial charge in [0.05, 0.1) is 18.5 Å². The van der Waals surface area contributed by atoms with Crippen LogP contribution in [0.15, 0.2) is 42.9 Å². The van der Waals surface area contributed by atoms with Crippen LogP contribution in [-0.4, -0.2) is 80.1 Å². The summed E-state index contributed by atoms with van der Waals surface area (Å²) in [7, 11) is 0. The van der Waals surface area contributed by atoms with E-state index in [1.165, 1.54) is 19.4 Å². The minimum absolute atomic E-state index is 0.0464. The zero-order valence-corrected chi connectivity index (χ0v) is 20.8. The number of nitrogens with one attached hydrogen (secondary N) is 4. The fourth-order valence-corrected chi connectivity index (χ4v) is 3.53. The second-order valence-electron chi connectivity index (χ2n) is 8.77. The third-order valence-electron chi connectivity index (χ3n) is 5.61. The summed E-state index contributed by atoms with van der Waals surface area (Å²) in [5, 5.41) is 26.2. The molecule has 5 unspecified atom stereocenters. The first kappa shape index (κ1) is 29.9. The van der Waals surface area contributed by atoms with Crippen molar-refractivity contribution in [3.05, 3.63) is 54.1 Å². The van der Waals surface area contributed by atoms with Gasteiger partial charge in [-0.25, -0.2) is 9.78 Å². The van der Waals surface area contributed by atoms with E-state index in [1.54, 1.807) is 30.3 Å². The van der Waals surface area contributed by atoms with Crippen molar-refractivity contribution < 1.29 is 34.2 Å². The number of nitrogens with two attached hydrogens (primary N) is 2. The number of carboxylic acids is 1. The molecular formula is C24H33N7O7. The predicted octanol–water partition coefficient (Wildman–Crippen LogP) is -2.29. The SMILES string of the molecule is CC(O)C(NC(=O)C(CCC(N)=O)NC(=O)C(Cc1ccccc1)NC(=O)C(N)Cc1cnc[nH]1)C(=O)O. The van der Waals surface area contributed by atoms with Gasteiger partial charge in [0, 0.05) is 31.2 Å². The lowest BCUT2D eigenvalue weighted by molar-refractivity contribution is -0.145. The van der Waals surface area contributed by atoms with E-state index < -0.39 is 59.9 Å². The molecule has 0 bridgehead atoms. The summed E-state index contributed by atoms with van der Waals surface area (Å²) in [5.41, 5.74) is 12.5. The first-order valence-corrected chi connectivity index (χ1v) is 11.8. The third kappa shape index (κ3) is 9.63. The van der Waals surface area contributed by atoms with Gasteiger partial charge in [-0.15, -0.1) is 0 Å². The number of hydrogen-bond acceptors (Lipinski definition) is 8. The van der Waals surface area contributed by atoms with E-state index in [4.69, 9.17) is 11.5 Å². The molecule has 14 heteroatoms. The van der Waals surface area contributed by atoms with Crippen molar-refractivity contribution in [1.82, 2.24) is 25.9 Å². The zero-order valence-electron chi connectivity index (χ0n) is 20.8. The molecule has 38 heavy (non-hydrogen) atoms. The lowest BCUT2D eigenvalue weighted by atomic mass is 10.0. The maximum absolute atomic E-state index is 13.3. The highest BCUT2D eigenvalue weighted by molar-refractivity contribution is 5.94. The number of imidazole rings is 1. The highest BCUT2D eigenvalue weighted by Gasteiger charge is 2.32. The first-order valence-electron chi connectivity index (χ1n) is 11.8. The summed E-state index contributed by atoms with van der Waals surface area (Å²) < 4.78 is 0. The highest BCUT2D eigenvalue weighted by atomic mass is 16.4. The number of nitrogens with zero attached hydrogens (tertiary/aromatic N) is 1. The van der Waals surface area contributed by atoms with E-state index >= 15 is 0 Å². The normalized spacial score (nSPS) is 14.8. The number of carbonyl (C=O) groups is 5. The Bertz CT molecular complexity index is 1090. The molecule has 0 saturated heterocycles. The lowest BCUT2D eigenvalue weighted by Gasteiger charge is -2.25. The van der Waals surface area contributed by atoms with E-state index in [9.17, 15) is 34.2 Å². The molecule has 0 saturated carbocycles. The molecule has 2 rings (SSSR count). The fraction of sp³-hybridized carbons (Fsp3) is 0.417. The summed E-state index contributed by atoms with van der Waals surface area (Å²) in [6.07, 6.45) is 1.15. The molecule has 0 aliphatic rings. The monoisotopic (exact) mass is 531 g/mol. The average molecular weight is 532 g/mol. The molecule has 0 aliphatic carbocycles. The molecule has 5 atom stereocenters. The molecule has 0 fully saturated rings. The second-order valence-corrected chi connectivity index (χ2v) is 8.77. The fourth-order valence-electron chi connectivity index (χ4n) is 3.53. The number of hydrogen-bond donors (Lipinski definition) is 8. The summed E-state index contributed by atoms with van der Waals surface area (Å²) in [5.74, 6) is -4.60. The summed E-state index contributed by atoms with van der Waals surface area (Å²) in [6.45, 7) is 1.17. The van der Waals surface area contributed by atoms with Gasteiger partial charge in [-0.1, -0.05) is 30.3 Å². The van der Waals surface area contributed by atoms with E-state index in [-0.39, 0.29) is 25.7 Å². The average Bonchev–Trinajstić information content (AvgIpc) is 3.37. The predicted molar refractivity (Wildman–Crippen MR) is 134 cm³/mol. The van der Waals surface area contributed by atoms with Gasteiger partial charge in [0.25, 0.3) is 0 Å². The van der Waals surface area contributed by atoms with Gasteiger partial charge in [0.1, 0.15) is 12.1 Å². The highest BCUT2D eigenvalue weighted by Crippen LogP contribution is 2.07. The Morgan fingerprint density at radius 2 is 1.61 bits per heavy atom. The smallest absolute Gasteiger partial charge is 0.328 e. The van der Waals surface area contributed by atoms with Crippen LogP contribution in [0.2, 0.25) is 0 Å². The Morgan fingerprint density at radius 3 is 2.16 bits per heavy atom. The molecule has 4 amide bonds. The van der Waals surface area contributed by atoms with E-state index in [1.807, 2.05) is 0 Å². The Kier molecular flexibility index (Phi) is 11.4. The Hall–Kier alpha value is -4.30. The number of rotatable bonds is 15. The van der Waals surface area contributed by atoms with Gasteiger partial charge in [-0.3, -0.25) is 19.2 Å².